The lowest BCUT2D eigenvalue weighted by Gasteiger charge is -2.27. The van der Waals surface area contributed by atoms with Crippen LogP contribution in [-0.2, 0) is 6.54 Å². The molecule has 0 saturated carbocycles. The molecule has 2 N–H and O–H groups in total. The Balaban J connectivity index is 0.00000210. The largest absolute Gasteiger partial charge is 0.352 e. The van der Waals surface area contributed by atoms with Gasteiger partial charge in [-0.05, 0) is 29.8 Å². The molecule has 0 radical (unpaired) electrons. The van der Waals surface area contributed by atoms with Crippen molar-refractivity contribution < 1.29 is 14.4 Å². The Morgan fingerprint density at radius 3 is 2.30 bits per heavy atom. The van der Waals surface area contributed by atoms with Crippen molar-refractivity contribution in [2.75, 3.05) is 19.6 Å². The first-order chi connectivity index (χ1) is 12.6. The van der Waals surface area contributed by atoms with Crippen LogP contribution >= 0.6 is 12.4 Å². The monoisotopic (exact) mass is 385 g/mol. The molecule has 2 aromatic carbocycles. The van der Waals surface area contributed by atoms with E-state index >= 15 is 0 Å². The van der Waals surface area contributed by atoms with Gasteiger partial charge in [-0.15, -0.1) is 12.4 Å². The van der Waals surface area contributed by atoms with E-state index in [2.05, 4.69) is 10.6 Å². The number of fused-ring (bicyclic) bond motifs is 1. The van der Waals surface area contributed by atoms with Crippen molar-refractivity contribution in [3.8, 4) is 0 Å². The number of nitrogens with zero attached hydrogens (tertiary/aromatic N) is 1. The summed E-state index contributed by atoms with van der Waals surface area (Å²) in [5, 5.41) is 6.10. The van der Waals surface area contributed by atoms with Gasteiger partial charge < -0.3 is 10.6 Å². The summed E-state index contributed by atoms with van der Waals surface area (Å²) >= 11 is 0. The van der Waals surface area contributed by atoms with Crippen molar-refractivity contribution in [2.45, 2.75) is 6.54 Å². The molecule has 0 atom stereocenters. The Morgan fingerprint density at radius 2 is 1.70 bits per heavy atom. The first kappa shape index (κ1) is 19.1. The summed E-state index contributed by atoms with van der Waals surface area (Å²) in [4.78, 5) is 38.5. The minimum atomic E-state index is -0.294. The van der Waals surface area contributed by atoms with E-state index in [-0.39, 0.29) is 36.7 Å². The topological polar surface area (TPSA) is 78.5 Å². The second-order valence-corrected chi connectivity index (χ2v) is 6.68. The van der Waals surface area contributed by atoms with Crippen molar-refractivity contribution in [2.24, 2.45) is 5.92 Å². The van der Waals surface area contributed by atoms with E-state index in [4.69, 9.17) is 0 Å². The Labute approximate surface area is 163 Å². The molecule has 2 aliphatic heterocycles. The van der Waals surface area contributed by atoms with Gasteiger partial charge >= 0.3 is 0 Å². The molecular weight excluding hydrogens is 366 g/mol. The molecule has 1 saturated heterocycles. The molecule has 6 nitrogen and oxygen atoms in total. The predicted octanol–water partition coefficient (Wildman–Crippen LogP) is 1.85. The van der Waals surface area contributed by atoms with Crippen LogP contribution in [0.15, 0.2) is 48.5 Å². The molecule has 0 aromatic heterocycles. The molecule has 0 spiro atoms. The zero-order valence-corrected chi connectivity index (χ0v) is 15.4. The molecule has 27 heavy (non-hydrogen) atoms. The summed E-state index contributed by atoms with van der Waals surface area (Å²) in [5.74, 6) is -0.238. The number of rotatable bonds is 5. The van der Waals surface area contributed by atoms with Gasteiger partial charge in [-0.25, -0.2) is 0 Å². The van der Waals surface area contributed by atoms with Crippen LogP contribution in [0.3, 0.4) is 0 Å². The van der Waals surface area contributed by atoms with Crippen LogP contribution in [0.4, 0.5) is 0 Å². The second kappa shape index (κ2) is 7.90. The third-order valence-corrected chi connectivity index (χ3v) is 4.83. The number of halogens is 1. The third kappa shape index (κ3) is 3.72. The molecular formula is C20H20ClN3O3. The molecule has 2 aromatic rings. The molecule has 7 heteroatoms. The minimum Gasteiger partial charge on any atom is -0.352 e. The maximum atomic E-state index is 12.5. The number of imide groups is 1. The normalized spacial score (nSPS) is 15.8. The first-order valence-corrected chi connectivity index (χ1v) is 8.66. The first-order valence-electron chi connectivity index (χ1n) is 8.66. The number of nitrogens with one attached hydrogen (secondary N) is 2. The maximum Gasteiger partial charge on any atom is 0.261 e. The summed E-state index contributed by atoms with van der Waals surface area (Å²) in [6, 6.07) is 13.9. The lowest BCUT2D eigenvalue weighted by molar-refractivity contribution is 0.0642. The van der Waals surface area contributed by atoms with Crippen molar-refractivity contribution in [3.63, 3.8) is 0 Å². The van der Waals surface area contributed by atoms with E-state index in [9.17, 15) is 14.4 Å². The number of amides is 3. The summed E-state index contributed by atoms with van der Waals surface area (Å²) in [6.45, 7) is 2.66. The van der Waals surface area contributed by atoms with Gasteiger partial charge in [0.1, 0.15) is 0 Å². The van der Waals surface area contributed by atoms with Gasteiger partial charge in [0.05, 0.1) is 17.7 Å². The van der Waals surface area contributed by atoms with Gasteiger partial charge in [0.2, 0.25) is 0 Å². The highest BCUT2D eigenvalue weighted by atomic mass is 35.5. The highest BCUT2D eigenvalue weighted by Gasteiger charge is 2.35. The van der Waals surface area contributed by atoms with Crippen molar-refractivity contribution >= 4 is 30.1 Å². The Kier molecular flexibility index (Phi) is 5.58. The fourth-order valence-electron chi connectivity index (χ4n) is 3.21. The Bertz CT molecular complexity index is 861. The summed E-state index contributed by atoms with van der Waals surface area (Å²) in [7, 11) is 0. The van der Waals surface area contributed by atoms with Gasteiger partial charge in [-0.2, -0.15) is 0 Å². The SMILES string of the molecule is Cl.O=C(NCC1CNC1)c1cccc(CN2C(=O)c3ccccc3C2=O)c1. The van der Waals surface area contributed by atoms with E-state index < -0.39 is 0 Å². The van der Waals surface area contributed by atoms with Crippen molar-refractivity contribution in [1.82, 2.24) is 15.5 Å². The highest BCUT2D eigenvalue weighted by Crippen LogP contribution is 2.24. The van der Waals surface area contributed by atoms with Crippen molar-refractivity contribution in [1.29, 1.82) is 0 Å². The molecule has 1 fully saturated rings. The Morgan fingerprint density at radius 1 is 1.04 bits per heavy atom. The molecule has 140 valence electrons. The summed E-state index contributed by atoms with van der Waals surface area (Å²) in [5.41, 5.74) is 2.14. The number of benzene rings is 2. The Hall–Kier alpha value is -2.70. The molecule has 3 amide bonds. The van der Waals surface area contributed by atoms with Crippen LogP contribution < -0.4 is 10.6 Å². The zero-order valence-electron chi connectivity index (χ0n) is 14.6. The molecule has 0 aliphatic carbocycles. The van der Waals surface area contributed by atoms with Gasteiger partial charge in [-0.1, -0.05) is 24.3 Å². The fraction of sp³-hybridized carbons (Fsp3) is 0.250. The van der Waals surface area contributed by atoms with Crippen molar-refractivity contribution in [3.05, 3.63) is 70.8 Å². The van der Waals surface area contributed by atoms with Crippen LogP contribution in [0.1, 0.15) is 36.6 Å². The number of hydrogen-bond donors (Lipinski definition) is 2. The number of carbonyl (C=O) groups excluding carboxylic acids is 3. The smallest absolute Gasteiger partial charge is 0.261 e. The lowest BCUT2D eigenvalue weighted by atomic mass is 10.0. The van der Waals surface area contributed by atoms with Gasteiger partial charge in [0.15, 0.2) is 0 Å². The zero-order chi connectivity index (χ0) is 18.1. The standard InChI is InChI=1S/C20H19N3O3.ClH/c24-18(22-11-14-9-21-10-14)15-5-3-4-13(8-15)12-23-19(25)16-6-1-2-7-17(16)20(23)26;/h1-8,14,21H,9-12H2,(H,22,24);1H. The molecule has 2 aliphatic rings. The van der Waals surface area contributed by atoms with E-state index in [0.29, 0.717) is 29.2 Å². The third-order valence-electron chi connectivity index (χ3n) is 4.83. The van der Waals surface area contributed by atoms with Crippen LogP contribution in [0.25, 0.3) is 0 Å². The molecule has 4 rings (SSSR count). The quantitative estimate of drug-likeness (QED) is 0.770. The van der Waals surface area contributed by atoms with Gasteiger partial charge in [-0.3, -0.25) is 19.3 Å². The second-order valence-electron chi connectivity index (χ2n) is 6.68. The van der Waals surface area contributed by atoms with Crippen LogP contribution in [-0.4, -0.2) is 42.3 Å². The average Bonchev–Trinajstić information content (AvgIpc) is 2.86. The van der Waals surface area contributed by atoms with Crippen LogP contribution in [0, 0.1) is 5.92 Å². The summed E-state index contributed by atoms with van der Waals surface area (Å²) in [6.07, 6.45) is 0. The minimum absolute atomic E-state index is 0. The van der Waals surface area contributed by atoms with Gasteiger partial charge in [0, 0.05) is 31.1 Å². The van der Waals surface area contributed by atoms with E-state index in [0.717, 1.165) is 18.7 Å². The predicted molar refractivity (Wildman–Crippen MR) is 103 cm³/mol. The average molecular weight is 386 g/mol. The lowest BCUT2D eigenvalue weighted by Crippen LogP contribution is -2.48. The van der Waals surface area contributed by atoms with Crippen LogP contribution in [0.2, 0.25) is 0 Å². The maximum absolute atomic E-state index is 12.5. The van der Waals surface area contributed by atoms with E-state index in [1.54, 1.807) is 42.5 Å². The number of carbonyl (C=O) groups is 3. The molecule has 2 heterocycles. The van der Waals surface area contributed by atoms with Crippen LogP contribution in [0.5, 0.6) is 0 Å². The fourth-order valence-corrected chi connectivity index (χ4v) is 3.21. The van der Waals surface area contributed by atoms with E-state index in [1.165, 1.54) is 4.90 Å². The molecule has 0 unspecified atom stereocenters. The number of hydrogen-bond acceptors (Lipinski definition) is 4. The van der Waals surface area contributed by atoms with E-state index in [1.807, 2.05) is 6.07 Å². The summed E-state index contributed by atoms with van der Waals surface area (Å²) < 4.78 is 0. The van der Waals surface area contributed by atoms with Gasteiger partial charge in [0.25, 0.3) is 17.7 Å². The molecule has 0 bridgehead atoms. The highest BCUT2D eigenvalue weighted by molar-refractivity contribution is 6.21.